The van der Waals surface area contributed by atoms with Crippen molar-refractivity contribution in [3.05, 3.63) is 20.8 Å². The molecule has 0 aliphatic rings. The molecule has 1 aromatic rings. The van der Waals surface area contributed by atoms with Crippen molar-refractivity contribution in [2.45, 2.75) is 32.7 Å². The Balaban J connectivity index is 1.88. The van der Waals surface area contributed by atoms with E-state index in [0.29, 0.717) is 0 Å². The van der Waals surface area contributed by atoms with Crippen molar-refractivity contribution in [1.29, 1.82) is 0 Å². The smallest absolute Gasteiger partial charge is 0.0591 e. The Morgan fingerprint density at radius 1 is 1.38 bits per heavy atom. The van der Waals surface area contributed by atoms with Gasteiger partial charge in [-0.2, -0.15) is 0 Å². The molecule has 0 aliphatic heterocycles. The van der Waals surface area contributed by atoms with Crippen molar-refractivity contribution in [3.63, 3.8) is 0 Å². The molecule has 0 fully saturated rings. The lowest BCUT2D eigenvalue weighted by atomic mass is 10.3. The molecule has 1 heterocycles. The predicted molar refractivity (Wildman–Crippen MR) is 74.1 cm³/mol. The summed E-state index contributed by atoms with van der Waals surface area (Å²) in [6.45, 7) is 5.80. The minimum atomic E-state index is 0.816. The second-order valence-electron chi connectivity index (χ2n) is 3.73. The number of ether oxygens (including phenoxy) is 1. The summed E-state index contributed by atoms with van der Waals surface area (Å²) in [5.74, 6) is 0. The van der Waals surface area contributed by atoms with Gasteiger partial charge in [0.15, 0.2) is 0 Å². The van der Waals surface area contributed by atoms with E-state index in [1.54, 1.807) is 11.3 Å². The first-order chi connectivity index (χ1) is 7.83. The summed E-state index contributed by atoms with van der Waals surface area (Å²) < 4.78 is 6.68. The summed E-state index contributed by atoms with van der Waals surface area (Å²) in [7, 11) is 0. The van der Waals surface area contributed by atoms with Gasteiger partial charge in [0, 0.05) is 34.4 Å². The van der Waals surface area contributed by atoms with Gasteiger partial charge in [0.25, 0.3) is 0 Å². The van der Waals surface area contributed by atoms with E-state index in [4.69, 9.17) is 4.74 Å². The van der Waals surface area contributed by atoms with Gasteiger partial charge in [-0.05, 0) is 28.4 Å². The molecule has 0 unspecified atom stereocenters. The highest BCUT2D eigenvalue weighted by atomic mass is 79.9. The number of thiophene rings is 1. The fourth-order valence-corrected chi connectivity index (χ4v) is 2.78. The molecule has 1 rings (SSSR count). The fourth-order valence-electron chi connectivity index (χ4n) is 1.36. The molecule has 16 heavy (non-hydrogen) atoms. The van der Waals surface area contributed by atoms with Gasteiger partial charge in [0.2, 0.25) is 0 Å². The van der Waals surface area contributed by atoms with Crippen LogP contribution in [0.2, 0.25) is 0 Å². The molecule has 0 saturated heterocycles. The normalized spacial score (nSPS) is 10.9. The van der Waals surface area contributed by atoms with E-state index in [0.717, 1.165) is 26.3 Å². The zero-order valence-corrected chi connectivity index (χ0v) is 12.2. The first-order valence-electron chi connectivity index (χ1n) is 5.84. The molecule has 0 amide bonds. The number of unbranched alkanes of at least 4 members (excludes halogenated alkanes) is 2. The van der Waals surface area contributed by atoms with Crippen LogP contribution in [-0.4, -0.2) is 19.8 Å². The van der Waals surface area contributed by atoms with E-state index >= 15 is 0 Å². The van der Waals surface area contributed by atoms with Gasteiger partial charge in [0.05, 0.1) is 6.61 Å². The minimum absolute atomic E-state index is 0.816. The van der Waals surface area contributed by atoms with Crippen molar-refractivity contribution in [1.82, 2.24) is 5.32 Å². The van der Waals surface area contributed by atoms with Crippen LogP contribution in [0.15, 0.2) is 15.9 Å². The zero-order chi connectivity index (χ0) is 11.6. The fraction of sp³-hybridized carbons (Fsp3) is 0.667. The standard InChI is InChI=1S/C12H20BrNOS/c1-2-3-4-6-15-7-5-14-9-12-8-11(13)10-16-12/h8,10,14H,2-7,9H2,1H3. The highest BCUT2D eigenvalue weighted by molar-refractivity contribution is 9.10. The van der Waals surface area contributed by atoms with Gasteiger partial charge in [-0.25, -0.2) is 0 Å². The van der Waals surface area contributed by atoms with Gasteiger partial charge in [-0.3, -0.25) is 0 Å². The Morgan fingerprint density at radius 2 is 2.25 bits per heavy atom. The molecule has 0 aliphatic carbocycles. The van der Waals surface area contributed by atoms with Gasteiger partial charge in [0.1, 0.15) is 0 Å². The molecule has 0 aromatic carbocycles. The van der Waals surface area contributed by atoms with Crippen molar-refractivity contribution < 1.29 is 4.74 Å². The molecule has 1 aromatic heterocycles. The van der Waals surface area contributed by atoms with Gasteiger partial charge in [-0.1, -0.05) is 19.8 Å². The molecule has 0 saturated carbocycles. The van der Waals surface area contributed by atoms with Crippen LogP contribution < -0.4 is 5.32 Å². The Morgan fingerprint density at radius 3 is 2.94 bits per heavy atom. The Hall–Kier alpha value is 0.1000. The van der Waals surface area contributed by atoms with Crippen LogP contribution in [0.1, 0.15) is 31.1 Å². The third-order valence-electron chi connectivity index (χ3n) is 2.24. The summed E-state index contributed by atoms with van der Waals surface area (Å²) in [5, 5.41) is 5.48. The van der Waals surface area contributed by atoms with Crippen LogP contribution in [0.4, 0.5) is 0 Å². The molecule has 0 bridgehead atoms. The highest BCUT2D eigenvalue weighted by Crippen LogP contribution is 2.19. The molecule has 0 spiro atoms. The van der Waals surface area contributed by atoms with Crippen molar-refractivity contribution in [2.24, 2.45) is 0 Å². The molecule has 4 heteroatoms. The first kappa shape index (κ1) is 14.2. The van der Waals surface area contributed by atoms with E-state index in [2.05, 4.69) is 39.6 Å². The predicted octanol–water partition coefficient (Wildman–Crippen LogP) is 3.81. The van der Waals surface area contributed by atoms with E-state index < -0.39 is 0 Å². The van der Waals surface area contributed by atoms with E-state index in [1.807, 2.05) is 0 Å². The Kier molecular flexibility index (Phi) is 8.11. The quantitative estimate of drug-likeness (QED) is 0.701. The zero-order valence-electron chi connectivity index (χ0n) is 9.80. The second-order valence-corrected chi connectivity index (χ2v) is 5.64. The van der Waals surface area contributed by atoms with Crippen molar-refractivity contribution in [3.8, 4) is 0 Å². The van der Waals surface area contributed by atoms with Gasteiger partial charge in [-0.15, -0.1) is 11.3 Å². The highest BCUT2D eigenvalue weighted by Gasteiger charge is 1.96. The van der Waals surface area contributed by atoms with Gasteiger partial charge >= 0.3 is 0 Å². The van der Waals surface area contributed by atoms with E-state index in [1.165, 1.54) is 28.6 Å². The van der Waals surface area contributed by atoms with E-state index in [9.17, 15) is 0 Å². The second kappa shape index (κ2) is 9.16. The molecule has 0 atom stereocenters. The van der Waals surface area contributed by atoms with Crippen LogP contribution in [-0.2, 0) is 11.3 Å². The number of halogens is 1. The molecular formula is C12H20BrNOS. The minimum Gasteiger partial charge on any atom is -0.380 e. The van der Waals surface area contributed by atoms with Crippen molar-refractivity contribution in [2.75, 3.05) is 19.8 Å². The number of hydrogen-bond acceptors (Lipinski definition) is 3. The molecule has 1 N–H and O–H groups in total. The van der Waals surface area contributed by atoms with Gasteiger partial charge < -0.3 is 10.1 Å². The van der Waals surface area contributed by atoms with E-state index in [-0.39, 0.29) is 0 Å². The molecular weight excluding hydrogens is 286 g/mol. The lowest BCUT2D eigenvalue weighted by molar-refractivity contribution is 0.132. The maximum absolute atomic E-state index is 5.51. The van der Waals surface area contributed by atoms with Crippen LogP contribution in [0.5, 0.6) is 0 Å². The topological polar surface area (TPSA) is 21.3 Å². The number of rotatable bonds is 9. The average molecular weight is 306 g/mol. The van der Waals surface area contributed by atoms with Crippen LogP contribution in [0, 0.1) is 0 Å². The van der Waals surface area contributed by atoms with Crippen LogP contribution >= 0.6 is 27.3 Å². The third-order valence-corrected chi connectivity index (χ3v) is 3.93. The summed E-state index contributed by atoms with van der Waals surface area (Å²) in [6, 6.07) is 2.15. The monoisotopic (exact) mass is 305 g/mol. The third kappa shape index (κ3) is 6.63. The molecule has 92 valence electrons. The van der Waals surface area contributed by atoms with Crippen LogP contribution in [0.25, 0.3) is 0 Å². The lowest BCUT2D eigenvalue weighted by Crippen LogP contribution is -2.18. The number of hydrogen-bond donors (Lipinski definition) is 1. The maximum atomic E-state index is 5.51. The summed E-state index contributed by atoms with van der Waals surface area (Å²) in [4.78, 5) is 1.36. The average Bonchev–Trinajstić information content (AvgIpc) is 2.68. The largest absolute Gasteiger partial charge is 0.380 e. The first-order valence-corrected chi connectivity index (χ1v) is 7.51. The summed E-state index contributed by atoms with van der Waals surface area (Å²) in [6.07, 6.45) is 3.72. The summed E-state index contributed by atoms with van der Waals surface area (Å²) >= 11 is 5.22. The lowest BCUT2D eigenvalue weighted by Gasteiger charge is -2.04. The number of nitrogens with one attached hydrogen (secondary N) is 1. The molecule has 0 radical (unpaired) electrons. The maximum Gasteiger partial charge on any atom is 0.0591 e. The van der Waals surface area contributed by atoms with Crippen LogP contribution in [0.3, 0.4) is 0 Å². The SMILES string of the molecule is CCCCCOCCNCc1cc(Br)cs1. The van der Waals surface area contributed by atoms with Crippen molar-refractivity contribution >= 4 is 27.3 Å². The summed E-state index contributed by atoms with van der Waals surface area (Å²) in [5.41, 5.74) is 0. The Labute approximate surface area is 111 Å². The Bertz CT molecular complexity index is 278. The molecule has 2 nitrogen and oxygen atoms in total.